The second-order valence-electron chi connectivity index (χ2n) is 5.25. The van der Waals surface area contributed by atoms with Gasteiger partial charge in [-0.1, -0.05) is 38.1 Å². The Labute approximate surface area is 113 Å². The lowest BCUT2D eigenvalue weighted by Gasteiger charge is -2.26. The van der Waals surface area contributed by atoms with Gasteiger partial charge in [-0.3, -0.25) is 0 Å². The molecular formula is C16H20O3. The highest BCUT2D eigenvalue weighted by atomic mass is 16.5. The van der Waals surface area contributed by atoms with Crippen LogP contribution in [0.25, 0.3) is 10.8 Å². The van der Waals surface area contributed by atoms with Crippen LogP contribution in [-0.4, -0.2) is 25.9 Å². The van der Waals surface area contributed by atoms with Crippen molar-refractivity contribution in [1.29, 1.82) is 0 Å². The van der Waals surface area contributed by atoms with Crippen LogP contribution in [0.3, 0.4) is 0 Å². The lowest BCUT2D eigenvalue weighted by Crippen LogP contribution is -2.23. The maximum Gasteiger partial charge on any atom is 0.130 e. The molecule has 3 nitrogen and oxygen atoms in total. The Morgan fingerprint density at radius 1 is 1.05 bits per heavy atom. The summed E-state index contributed by atoms with van der Waals surface area (Å²) < 4.78 is 11.0. The average molecular weight is 260 g/mol. The largest absolute Gasteiger partial charge is 0.496 e. The predicted octanol–water partition coefficient (Wildman–Crippen LogP) is 3.13. The van der Waals surface area contributed by atoms with Gasteiger partial charge in [-0.15, -0.1) is 0 Å². The van der Waals surface area contributed by atoms with Crippen molar-refractivity contribution in [2.75, 3.05) is 20.8 Å². The van der Waals surface area contributed by atoms with E-state index in [9.17, 15) is 5.11 Å². The van der Waals surface area contributed by atoms with Crippen LogP contribution in [0.2, 0.25) is 0 Å². The molecule has 2 aromatic carbocycles. The van der Waals surface area contributed by atoms with E-state index < -0.39 is 0 Å². The van der Waals surface area contributed by atoms with Crippen LogP contribution in [-0.2, 0) is 5.41 Å². The molecule has 0 aliphatic heterocycles. The highest BCUT2D eigenvalue weighted by Gasteiger charge is 2.26. The van der Waals surface area contributed by atoms with Crippen molar-refractivity contribution in [2.45, 2.75) is 19.3 Å². The molecule has 3 heteroatoms. The smallest absolute Gasteiger partial charge is 0.130 e. The summed E-state index contributed by atoms with van der Waals surface area (Å²) in [6.07, 6.45) is 0. The van der Waals surface area contributed by atoms with Crippen LogP contribution < -0.4 is 9.47 Å². The predicted molar refractivity (Wildman–Crippen MR) is 77.2 cm³/mol. The van der Waals surface area contributed by atoms with E-state index in [-0.39, 0.29) is 12.0 Å². The van der Waals surface area contributed by atoms with Crippen LogP contribution in [0.4, 0.5) is 0 Å². The molecule has 2 aromatic rings. The zero-order chi connectivity index (χ0) is 14.0. The Kier molecular flexibility index (Phi) is 3.67. The van der Waals surface area contributed by atoms with Gasteiger partial charge < -0.3 is 14.6 Å². The van der Waals surface area contributed by atoms with Crippen molar-refractivity contribution in [3.05, 3.63) is 35.9 Å². The van der Waals surface area contributed by atoms with Crippen molar-refractivity contribution in [3.8, 4) is 11.5 Å². The maximum absolute atomic E-state index is 9.61. The highest BCUT2D eigenvalue weighted by molar-refractivity contribution is 5.94. The van der Waals surface area contributed by atoms with Crippen molar-refractivity contribution in [3.63, 3.8) is 0 Å². The van der Waals surface area contributed by atoms with E-state index in [2.05, 4.69) is 0 Å². The molecule has 0 saturated heterocycles. The fourth-order valence-corrected chi connectivity index (χ4v) is 2.29. The molecule has 0 radical (unpaired) electrons. The minimum atomic E-state index is -0.386. The van der Waals surface area contributed by atoms with E-state index in [1.54, 1.807) is 14.2 Å². The van der Waals surface area contributed by atoms with Crippen molar-refractivity contribution in [1.82, 2.24) is 0 Å². The number of aliphatic hydroxyl groups is 1. The van der Waals surface area contributed by atoms with Gasteiger partial charge >= 0.3 is 0 Å². The molecule has 0 fully saturated rings. The summed E-state index contributed by atoms with van der Waals surface area (Å²) in [5, 5.41) is 11.6. The number of fused-ring (bicyclic) bond motifs is 1. The molecule has 102 valence electrons. The molecule has 0 atom stereocenters. The van der Waals surface area contributed by atoms with Gasteiger partial charge in [0.25, 0.3) is 0 Å². The molecule has 0 saturated carbocycles. The van der Waals surface area contributed by atoms with Crippen LogP contribution >= 0.6 is 0 Å². The topological polar surface area (TPSA) is 38.7 Å². The van der Waals surface area contributed by atoms with E-state index in [1.807, 2.05) is 44.2 Å². The molecule has 0 unspecified atom stereocenters. The molecule has 0 heterocycles. The lowest BCUT2D eigenvalue weighted by molar-refractivity contribution is 0.215. The molecule has 0 aromatic heterocycles. The lowest BCUT2D eigenvalue weighted by atomic mass is 9.83. The van der Waals surface area contributed by atoms with Gasteiger partial charge in [0.2, 0.25) is 0 Å². The maximum atomic E-state index is 9.61. The summed E-state index contributed by atoms with van der Waals surface area (Å²) in [6.45, 7) is 4.02. The zero-order valence-electron chi connectivity index (χ0n) is 11.9. The molecule has 0 amide bonds. The molecule has 0 spiro atoms. The molecule has 0 aliphatic carbocycles. The first-order valence-electron chi connectivity index (χ1n) is 6.30. The van der Waals surface area contributed by atoms with E-state index in [0.717, 1.165) is 27.8 Å². The van der Waals surface area contributed by atoms with Crippen LogP contribution in [0.15, 0.2) is 30.3 Å². The number of methoxy groups -OCH3 is 2. The minimum Gasteiger partial charge on any atom is -0.496 e. The normalized spacial score (nSPS) is 11.6. The summed E-state index contributed by atoms with van der Waals surface area (Å²) in [6, 6.07) is 9.92. The van der Waals surface area contributed by atoms with Crippen molar-refractivity contribution in [2.24, 2.45) is 0 Å². The molecule has 0 bridgehead atoms. The number of benzene rings is 2. The second kappa shape index (κ2) is 5.10. The number of hydrogen-bond acceptors (Lipinski definition) is 3. The average Bonchev–Trinajstić information content (AvgIpc) is 2.45. The molecular weight excluding hydrogens is 240 g/mol. The van der Waals surface area contributed by atoms with Gasteiger partial charge in [0, 0.05) is 21.8 Å². The quantitative estimate of drug-likeness (QED) is 0.918. The number of ether oxygens (including phenoxy) is 2. The van der Waals surface area contributed by atoms with Gasteiger partial charge in [0.1, 0.15) is 11.5 Å². The summed E-state index contributed by atoms with van der Waals surface area (Å²) in [7, 11) is 3.31. The minimum absolute atomic E-state index is 0.0465. The first kappa shape index (κ1) is 13.7. The SMILES string of the molecule is COc1cc(C(C)(C)CO)c(OC)c2ccccc12. The van der Waals surface area contributed by atoms with Gasteiger partial charge in [-0.2, -0.15) is 0 Å². The Morgan fingerprint density at radius 2 is 1.68 bits per heavy atom. The van der Waals surface area contributed by atoms with Crippen LogP contribution in [0.5, 0.6) is 11.5 Å². The number of rotatable bonds is 4. The van der Waals surface area contributed by atoms with Crippen molar-refractivity contribution >= 4 is 10.8 Å². The van der Waals surface area contributed by atoms with Crippen molar-refractivity contribution < 1.29 is 14.6 Å². The van der Waals surface area contributed by atoms with E-state index in [0.29, 0.717) is 0 Å². The van der Waals surface area contributed by atoms with E-state index in [4.69, 9.17) is 9.47 Å². The van der Waals surface area contributed by atoms with Crippen LogP contribution in [0, 0.1) is 0 Å². The summed E-state index contributed by atoms with van der Waals surface area (Å²) >= 11 is 0. The molecule has 0 aliphatic rings. The van der Waals surface area contributed by atoms with Crippen LogP contribution in [0.1, 0.15) is 19.4 Å². The van der Waals surface area contributed by atoms with Gasteiger partial charge in [-0.05, 0) is 6.07 Å². The zero-order valence-corrected chi connectivity index (χ0v) is 11.9. The Balaban J connectivity index is 2.85. The third-order valence-electron chi connectivity index (χ3n) is 3.51. The summed E-state index contributed by atoms with van der Waals surface area (Å²) in [5.74, 6) is 1.60. The molecule has 2 rings (SSSR count). The Hall–Kier alpha value is -1.74. The molecule has 19 heavy (non-hydrogen) atoms. The third-order valence-corrected chi connectivity index (χ3v) is 3.51. The number of aliphatic hydroxyl groups excluding tert-OH is 1. The van der Waals surface area contributed by atoms with Gasteiger partial charge in [-0.25, -0.2) is 0 Å². The third kappa shape index (κ3) is 2.26. The molecule has 1 N–H and O–H groups in total. The van der Waals surface area contributed by atoms with Gasteiger partial charge in [0.05, 0.1) is 20.8 Å². The van der Waals surface area contributed by atoms with E-state index >= 15 is 0 Å². The second-order valence-corrected chi connectivity index (χ2v) is 5.25. The monoisotopic (exact) mass is 260 g/mol. The first-order chi connectivity index (χ1) is 9.05. The fraction of sp³-hybridized carbons (Fsp3) is 0.375. The van der Waals surface area contributed by atoms with Gasteiger partial charge in [0.15, 0.2) is 0 Å². The Bertz CT molecular complexity index is 588. The standard InChI is InChI=1S/C16H20O3/c1-16(2,10-17)13-9-14(18-3)11-7-5-6-8-12(11)15(13)19-4/h5-9,17H,10H2,1-4H3. The first-order valence-corrected chi connectivity index (χ1v) is 6.30. The van der Waals surface area contributed by atoms with E-state index in [1.165, 1.54) is 0 Å². The highest BCUT2D eigenvalue weighted by Crippen LogP contribution is 2.41. The summed E-state index contributed by atoms with van der Waals surface area (Å²) in [4.78, 5) is 0. The summed E-state index contributed by atoms with van der Waals surface area (Å²) in [5.41, 5.74) is 0.566. The number of hydrogen-bond donors (Lipinski definition) is 1. The Morgan fingerprint density at radius 3 is 2.21 bits per heavy atom. The fourth-order valence-electron chi connectivity index (χ4n) is 2.29.